The standard InChI is InChI=1S/C20H30S/c1-7-10-12-19(9-3)20(17(5)11-8-2)15-16(4)13-14-18(6)21/h7,9-12,15,18,21H,3-4,8,13-14H2,1-2,5-6H3/b10-7-,17-11-,19-12-,20-15+/t18-/m1/s1. The van der Waals surface area contributed by atoms with Crippen LogP contribution in [0.1, 0.15) is 47.0 Å². The van der Waals surface area contributed by atoms with Gasteiger partial charge < -0.3 is 0 Å². The summed E-state index contributed by atoms with van der Waals surface area (Å²) in [6, 6.07) is 0. The molecule has 1 atom stereocenters. The topological polar surface area (TPSA) is 0 Å². The smallest absolute Gasteiger partial charge is 0.000843 e. The Bertz CT molecular complexity index is 456. The predicted octanol–water partition coefficient (Wildman–Crippen LogP) is 6.61. The SMILES string of the molecule is C=CC(=C/C=C\C)/C(=C/C(=C)CC[C@@H](C)S)C(/C)=C\CC. The van der Waals surface area contributed by atoms with Gasteiger partial charge >= 0.3 is 0 Å². The van der Waals surface area contributed by atoms with Gasteiger partial charge in [-0.1, -0.05) is 69.0 Å². The van der Waals surface area contributed by atoms with Crippen LogP contribution in [0, 0.1) is 0 Å². The molecule has 0 aromatic carbocycles. The molecule has 1 heteroatoms. The molecule has 0 nitrogen and oxygen atoms in total. The van der Waals surface area contributed by atoms with Crippen molar-refractivity contribution >= 4 is 12.6 Å². The summed E-state index contributed by atoms with van der Waals surface area (Å²) in [6.45, 7) is 16.6. The molecule has 0 aliphatic heterocycles. The fourth-order valence-electron chi connectivity index (χ4n) is 1.98. The molecule has 0 N–H and O–H groups in total. The first-order valence-electron chi connectivity index (χ1n) is 7.66. The van der Waals surface area contributed by atoms with Gasteiger partial charge in [0, 0.05) is 0 Å². The Morgan fingerprint density at radius 1 is 1.33 bits per heavy atom. The van der Waals surface area contributed by atoms with Crippen molar-refractivity contribution in [2.45, 2.75) is 52.2 Å². The van der Waals surface area contributed by atoms with Crippen LogP contribution in [0.4, 0.5) is 0 Å². The molecular weight excluding hydrogens is 272 g/mol. The van der Waals surface area contributed by atoms with E-state index in [1.165, 1.54) is 11.1 Å². The van der Waals surface area contributed by atoms with E-state index in [1.807, 2.05) is 25.2 Å². The molecule has 0 saturated carbocycles. The van der Waals surface area contributed by atoms with Crippen molar-refractivity contribution in [3.63, 3.8) is 0 Å². The number of rotatable bonds is 9. The average molecular weight is 303 g/mol. The third-order valence-corrected chi connectivity index (χ3v) is 3.42. The van der Waals surface area contributed by atoms with Gasteiger partial charge in [0.05, 0.1) is 0 Å². The van der Waals surface area contributed by atoms with Crippen LogP contribution in [0.25, 0.3) is 0 Å². The van der Waals surface area contributed by atoms with Gasteiger partial charge in [0.2, 0.25) is 0 Å². The molecule has 0 bridgehead atoms. The summed E-state index contributed by atoms with van der Waals surface area (Å²) in [4.78, 5) is 0. The van der Waals surface area contributed by atoms with Gasteiger partial charge in [0.1, 0.15) is 0 Å². The summed E-state index contributed by atoms with van der Waals surface area (Å²) < 4.78 is 0. The molecule has 0 unspecified atom stereocenters. The van der Waals surface area contributed by atoms with Gasteiger partial charge in [0.25, 0.3) is 0 Å². The molecule has 0 aromatic rings. The van der Waals surface area contributed by atoms with Gasteiger partial charge in [0.15, 0.2) is 0 Å². The number of allylic oxidation sites excluding steroid dienone is 10. The van der Waals surface area contributed by atoms with Crippen molar-refractivity contribution in [1.29, 1.82) is 0 Å². The molecule has 0 rings (SSSR count). The molecule has 0 aliphatic rings. The van der Waals surface area contributed by atoms with Gasteiger partial charge in [-0.2, -0.15) is 12.6 Å². The molecule has 0 amide bonds. The Hall–Kier alpha value is -1.21. The van der Waals surface area contributed by atoms with E-state index in [-0.39, 0.29) is 0 Å². The minimum absolute atomic E-state index is 0.406. The highest BCUT2D eigenvalue weighted by molar-refractivity contribution is 7.80. The van der Waals surface area contributed by atoms with Crippen LogP contribution in [0.15, 0.2) is 71.9 Å². The van der Waals surface area contributed by atoms with E-state index in [0.29, 0.717) is 5.25 Å². The van der Waals surface area contributed by atoms with Crippen LogP contribution in [-0.2, 0) is 0 Å². The van der Waals surface area contributed by atoms with Crippen molar-refractivity contribution in [3.8, 4) is 0 Å². The molecule has 0 aromatic heterocycles. The summed E-state index contributed by atoms with van der Waals surface area (Å²) in [5.74, 6) is 0. The Labute approximate surface area is 137 Å². The van der Waals surface area contributed by atoms with Gasteiger partial charge in [-0.15, -0.1) is 0 Å². The van der Waals surface area contributed by atoms with E-state index in [0.717, 1.165) is 30.4 Å². The Balaban J connectivity index is 5.45. The second kappa shape index (κ2) is 11.4. The van der Waals surface area contributed by atoms with E-state index < -0.39 is 0 Å². The Kier molecular flexibility index (Phi) is 10.8. The van der Waals surface area contributed by atoms with Crippen molar-refractivity contribution in [3.05, 3.63) is 71.9 Å². The number of hydrogen-bond acceptors (Lipinski definition) is 1. The third kappa shape index (κ3) is 8.62. The van der Waals surface area contributed by atoms with Crippen LogP contribution < -0.4 is 0 Å². The molecule has 0 fully saturated rings. The quantitative estimate of drug-likeness (QED) is 0.359. The van der Waals surface area contributed by atoms with Gasteiger partial charge in [-0.25, -0.2) is 0 Å². The monoisotopic (exact) mass is 302 g/mol. The van der Waals surface area contributed by atoms with Gasteiger partial charge in [-0.3, -0.25) is 0 Å². The predicted molar refractivity (Wildman–Crippen MR) is 102 cm³/mol. The van der Waals surface area contributed by atoms with E-state index in [9.17, 15) is 0 Å². The van der Waals surface area contributed by atoms with Crippen molar-refractivity contribution < 1.29 is 0 Å². The van der Waals surface area contributed by atoms with E-state index in [2.05, 4.69) is 64.8 Å². The molecule has 21 heavy (non-hydrogen) atoms. The minimum Gasteiger partial charge on any atom is -0.176 e. The van der Waals surface area contributed by atoms with Crippen molar-refractivity contribution in [2.75, 3.05) is 0 Å². The molecule has 116 valence electrons. The second-order valence-corrected chi connectivity index (χ2v) is 6.13. The van der Waals surface area contributed by atoms with Crippen LogP contribution in [-0.4, -0.2) is 5.25 Å². The van der Waals surface area contributed by atoms with E-state index in [1.54, 1.807) is 0 Å². The first kappa shape index (κ1) is 19.8. The summed E-state index contributed by atoms with van der Waals surface area (Å²) in [5, 5.41) is 0.406. The molecular formula is C20H30S. The Morgan fingerprint density at radius 3 is 2.48 bits per heavy atom. The molecule has 0 aliphatic carbocycles. The fourth-order valence-corrected chi connectivity index (χ4v) is 2.11. The molecule has 0 heterocycles. The van der Waals surface area contributed by atoms with E-state index in [4.69, 9.17) is 0 Å². The molecule has 0 saturated heterocycles. The average Bonchev–Trinajstić information content (AvgIpc) is 2.44. The largest absolute Gasteiger partial charge is 0.176 e. The lowest BCUT2D eigenvalue weighted by Gasteiger charge is -2.12. The summed E-state index contributed by atoms with van der Waals surface area (Å²) >= 11 is 4.43. The third-order valence-electron chi connectivity index (χ3n) is 3.17. The first-order chi connectivity index (χ1) is 9.96. The maximum Gasteiger partial charge on any atom is -0.000843 e. The zero-order chi connectivity index (χ0) is 16.3. The zero-order valence-electron chi connectivity index (χ0n) is 14.0. The van der Waals surface area contributed by atoms with Crippen molar-refractivity contribution in [1.82, 2.24) is 0 Å². The number of hydrogen-bond donors (Lipinski definition) is 1. The number of thiol groups is 1. The van der Waals surface area contributed by atoms with Crippen LogP contribution in [0.5, 0.6) is 0 Å². The van der Waals surface area contributed by atoms with E-state index >= 15 is 0 Å². The maximum atomic E-state index is 4.43. The van der Waals surface area contributed by atoms with Crippen LogP contribution >= 0.6 is 12.6 Å². The van der Waals surface area contributed by atoms with Crippen LogP contribution in [0.2, 0.25) is 0 Å². The normalized spacial score (nSPS) is 15.4. The zero-order valence-corrected chi connectivity index (χ0v) is 14.9. The highest BCUT2D eigenvalue weighted by Gasteiger charge is 2.05. The highest BCUT2D eigenvalue weighted by atomic mass is 32.1. The summed E-state index contributed by atoms with van der Waals surface area (Å²) in [5.41, 5.74) is 4.76. The lowest BCUT2D eigenvalue weighted by atomic mass is 9.94. The maximum absolute atomic E-state index is 4.43. The van der Waals surface area contributed by atoms with Crippen molar-refractivity contribution in [2.24, 2.45) is 0 Å². The highest BCUT2D eigenvalue weighted by Crippen LogP contribution is 2.24. The van der Waals surface area contributed by atoms with Crippen LogP contribution in [0.3, 0.4) is 0 Å². The fraction of sp³-hybridized carbons (Fsp3) is 0.400. The second-order valence-electron chi connectivity index (χ2n) is 5.25. The lowest BCUT2D eigenvalue weighted by Crippen LogP contribution is -1.94. The molecule has 0 radical (unpaired) electrons. The summed E-state index contributed by atoms with van der Waals surface area (Å²) in [7, 11) is 0. The summed E-state index contributed by atoms with van der Waals surface area (Å²) in [6.07, 6.45) is 15.6. The Morgan fingerprint density at radius 2 is 2.00 bits per heavy atom. The minimum atomic E-state index is 0.406. The molecule has 0 spiro atoms. The lowest BCUT2D eigenvalue weighted by molar-refractivity contribution is 0.820. The van der Waals surface area contributed by atoms with Gasteiger partial charge in [-0.05, 0) is 55.1 Å². The first-order valence-corrected chi connectivity index (χ1v) is 8.18.